The number of anilines is 1. The number of halogens is 3. The van der Waals surface area contributed by atoms with Gasteiger partial charge in [-0.15, -0.1) is 0 Å². The summed E-state index contributed by atoms with van der Waals surface area (Å²) in [6.07, 6.45) is -4.08. The van der Waals surface area contributed by atoms with Crippen molar-refractivity contribution in [2.75, 3.05) is 31.2 Å². The number of nitro groups is 1. The minimum absolute atomic E-state index is 0.132. The summed E-state index contributed by atoms with van der Waals surface area (Å²) in [6, 6.07) is 1.73. The lowest BCUT2D eigenvalue weighted by atomic mass is 10.0. The van der Waals surface area contributed by atoms with Crippen LogP contribution in [0.15, 0.2) is 10.9 Å². The van der Waals surface area contributed by atoms with Gasteiger partial charge in [0.05, 0.1) is 29.1 Å². The number of hydrogen-bond acceptors (Lipinski definition) is 9. The number of rotatable bonds is 2. The molecular formula is C17H13F3N4O5S. The third kappa shape index (κ3) is 3.36. The van der Waals surface area contributed by atoms with Gasteiger partial charge in [0, 0.05) is 25.9 Å². The molecular weight excluding hydrogens is 429 g/mol. The molecule has 2 aliphatic rings. The number of nitro benzene ring substituents is 1. The zero-order chi connectivity index (χ0) is 21.7. The molecule has 30 heavy (non-hydrogen) atoms. The van der Waals surface area contributed by atoms with Crippen molar-refractivity contribution in [3.8, 4) is 6.07 Å². The second kappa shape index (κ2) is 7.15. The van der Waals surface area contributed by atoms with Crippen LogP contribution in [-0.4, -0.2) is 42.0 Å². The number of hydrogen-bond donors (Lipinski definition) is 0. The second-order valence-corrected chi connectivity index (χ2v) is 7.76. The topological polar surface area (TPSA) is 119 Å². The molecule has 1 spiro atoms. The first-order chi connectivity index (χ1) is 14.1. The van der Waals surface area contributed by atoms with Gasteiger partial charge in [-0.3, -0.25) is 14.9 Å². The van der Waals surface area contributed by atoms with E-state index in [9.17, 15) is 33.3 Å². The number of alkyl halides is 3. The molecule has 9 nitrogen and oxygen atoms in total. The number of nitrogens with zero attached hydrogens (tertiary/aromatic N) is 4. The van der Waals surface area contributed by atoms with Crippen LogP contribution in [0.2, 0.25) is 0 Å². The molecule has 13 heteroatoms. The van der Waals surface area contributed by atoms with Gasteiger partial charge in [-0.1, -0.05) is 11.3 Å². The quantitative estimate of drug-likeness (QED) is 0.515. The van der Waals surface area contributed by atoms with Gasteiger partial charge < -0.3 is 14.4 Å². The first kappa shape index (κ1) is 20.5. The Labute approximate surface area is 170 Å². The van der Waals surface area contributed by atoms with Crippen molar-refractivity contribution in [3.63, 3.8) is 0 Å². The predicted molar refractivity (Wildman–Crippen MR) is 98.3 cm³/mol. The van der Waals surface area contributed by atoms with Crippen molar-refractivity contribution < 1.29 is 27.6 Å². The summed E-state index contributed by atoms with van der Waals surface area (Å²) in [4.78, 5) is 28.5. The molecule has 3 heterocycles. The summed E-state index contributed by atoms with van der Waals surface area (Å²) in [7, 11) is 0. The van der Waals surface area contributed by atoms with Crippen molar-refractivity contribution in [3.05, 3.63) is 37.7 Å². The largest absolute Gasteiger partial charge is 0.417 e. The van der Waals surface area contributed by atoms with E-state index in [1.54, 1.807) is 4.90 Å². The van der Waals surface area contributed by atoms with Gasteiger partial charge in [-0.25, -0.2) is 0 Å². The van der Waals surface area contributed by atoms with Gasteiger partial charge in [0.1, 0.15) is 16.3 Å². The van der Waals surface area contributed by atoms with Gasteiger partial charge in [0.2, 0.25) is 0 Å². The fraction of sp³-hybridized carbons (Fsp3) is 0.471. The lowest BCUT2D eigenvalue weighted by Gasteiger charge is -2.37. The van der Waals surface area contributed by atoms with Crippen LogP contribution >= 0.6 is 11.3 Å². The fourth-order valence-electron chi connectivity index (χ4n) is 3.64. The van der Waals surface area contributed by atoms with Gasteiger partial charge in [-0.2, -0.15) is 23.4 Å². The van der Waals surface area contributed by atoms with E-state index in [1.165, 1.54) is 6.07 Å². The van der Waals surface area contributed by atoms with E-state index in [-0.39, 0.29) is 9.83 Å². The van der Waals surface area contributed by atoms with Crippen molar-refractivity contribution in [2.24, 2.45) is 0 Å². The third-order valence-electron chi connectivity index (χ3n) is 5.08. The molecule has 0 saturated carbocycles. The highest BCUT2D eigenvalue weighted by atomic mass is 32.1. The van der Waals surface area contributed by atoms with Crippen molar-refractivity contribution in [1.29, 1.82) is 5.26 Å². The fourth-order valence-corrected chi connectivity index (χ4v) is 4.80. The monoisotopic (exact) mass is 442 g/mol. The van der Waals surface area contributed by atoms with Crippen LogP contribution in [0, 0.1) is 21.4 Å². The Hall–Kier alpha value is -2.82. The molecule has 0 aliphatic carbocycles. The first-order valence-electron chi connectivity index (χ1n) is 8.82. The van der Waals surface area contributed by atoms with Crippen molar-refractivity contribution >= 4 is 32.2 Å². The van der Waals surface area contributed by atoms with E-state index in [1.807, 2.05) is 0 Å². The maximum atomic E-state index is 13.3. The lowest BCUT2D eigenvalue weighted by molar-refractivity contribution is -0.383. The Balaban J connectivity index is 1.84. The summed E-state index contributed by atoms with van der Waals surface area (Å²) in [6.45, 7) is 1.72. The summed E-state index contributed by atoms with van der Waals surface area (Å²) < 4.78 is 50.9. The highest BCUT2D eigenvalue weighted by Gasteiger charge is 2.42. The van der Waals surface area contributed by atoms with E-state index >= 15 is 0 Å². The van der Waals surface area contributed by atoms with Crippen LogP contribution in [0.4, 0.5) is 24.0 Å². The van der Waals surface area contributed by atoms with Crippen LogP contribution in [0.25, 0.3) is 10.1 Å². The Bertz CT molecular complexity index is 1130. The third-order valence-corrected chi connectivity index (χ3v) is 6.23. The zero-order valence-electron chi connectivity index (χ0n) is 15.2. The average Bonchev–Trinajstić information content (AvgIpc) is 3.14. The van der Waals surface area contributed by atoms with Crippen LogP contribution < -0.4 is 10.5 Å². The highest BCUT2D eigenvalue weighted by Crippen LogP contribution is 2.42. The molecule has 1 aromatic heterocycles. The molecule has 0 radical (unpaired) electrons. The molecule has 2 aliphatic heterocycles. The van der Waals surface area contributed by atoms with Crippen LogP contribution in [0.1, 0.15) is 24.0 Å². The molecule has 0 bridgehead atoms. The Morgan fingerprint density at radius 3 is 2.47 bits per heavy atom. The highest BCUT2D eigenvalue weighted by molar-refractivity contribution is 7.22. The summed E-state index contributed by atoms with van der Waals surface area (Å²) in [5.74, 6) is -0.695. The van der Waals surface area contributed by atoms with Gasteiger partial charge in [0.15, 0.2) is 10.9 Å². The van der Waals surface area contributed by atoms with Crippen molar-refractivity contribution in [2.45, 2.75) is 24.8 Å². The standard InChI is InChI=1S/C17H13F3N4O5S/c18-17(19,20)11-7-9-13(12(24(26)27)10(11)8-21)30-15(22-14(9)25)23-3-1-16(2-4-23)28-5-6-29-16/h7H,1-6H2. The maximum absolute atomic E-state index is 13.3. The number of benzene rings is 1. The molecule has 4 rings (SSSR count). The number of ether oxygens (including phenoxy) is 2. The van der Waals surface area contributed by atoms with E-state index in [0.29, 0.717) is 56.5 Å². The predicted octanol–water partition coefficient (Wildman–Crippen LogP) is 2.80. The Morgan fingerprint density at radius 2 is 1.93 bits per heavy atom. The number of nitriles is 1. The molecule has 0 amide bonds. The van der Waals surface area contributed by atoms with Crippen LogP contribution in [0.5, 0.6) is 0 Å². The smallest absolute Gasteiger partial charge is 0.348 e. The van der Waals surface area contributed by atoms with Crippen molar-refractivity contribution in [1.82, 2.24) is 4.98 Å². The first-order valence-corrected chi connectivity index (χ1v) is 9.63. The molecule has 0 atom stereocenters. The average molecular weight is 442 g/mol. The van der Waals surface area contributed by atoms with Crippen LogP contribution in [-0.2, 0) is 15.7 Å². The summed E-state index contributed by atoms with van der Waals surface area (Å²) >= 11 is 0.715. The van der Waals surface area contributed by atoms with Gasteiger partial charge in [-0.05, 0) is 6.07 Å². The maximum Gasteiger partial charge on any atom is 0.417 e. The summed E-state index contributed by atoms with van der Waals surface area (Å²) in [5, 5.41) is 20.3. The normalized spacial score (nSPS) is 18.7. The minimum atomic E-state index is -5.04. The van der Waals surface area contributed by atoms with E-state index in [4.69, 9.17) is 9.47 Å². The van der Waals surface area contributed by atoms with Crippen LogP contribution in [0.3, 0.4) is 0 Å². The summed E-state index contributed by atoms with van der Waals surface area (Å²) in [5.41, 5.74) is -4.72. The van der Waals surface area contributed by atoms with Gasteiger partial charge in [0.25, 0.3) is 5.56 Å². The van der Waals surface area contributed by atoms with E-state index < -0.39 is 44.6 Å². The van der Waals surface area contributed by atoms with E-state index in [0.717, 1.165) is 0 Å². The molecule has 0 N–H and O–H groups in total. The molecule has 2 aromatic rings. The minimum Gasteiger partial charge on any atom is -0.348 e. The Morgan fingerprint density at radius 1 is 1.30 bits per heavy atom. The molecule has 0 unspecified atom stereocenters. The van der Waals surface area contributed by atoms with E-state index in [2.05, 4.69) is 4.98 Å². The molecule has 2 saturated heterocycles. The lowest BCUT2D eigenvalue weighted by Crippen LogP contribution is -2.45. The second-order valence-electron chi connectivity index (χ2n) is 6.79. The Kier molecular flexibility index (Phi) is 4.88. The zero-order valence-corrected chi connectivity index (χ0v) is 16.0. The van der Waals surface area contributed by atoms with Gasteiger partial charge >= 0.3 is 11.9 Å². The number of fused-ring (bicyclic) bond motifs is 1. The number of piperidine rings is 1. The molecule has 1 aromatic carbocycles. The molecule has 158 valence electrons. The molecule has 2 fully saturated rings. The number of aromatic nitrogens is 1. The SMILES string of the molecule is N#Cc1c(C(F)(F)F)cc2c(=O)nc(N3CCC4(CC3)OCCO4)sc2c1[N+](=O)[O-].